The van der Waals surface area contributed by atoms with Gasteiger partial charge in [-0.1, -0.05) is 97.8 Å². The van der Waals surface area contributed by atoms with E-state index in [2.05, 4.69) is 13.8 Å². The number of carboxylic acid groups (broad SMARTS) is 1. The van der Waals surface area contributed by atoms with E-state index in [0.717, 1.165) is 6.42 Å². The van der Waals surface area contributed by atoms with Gasteiger partial charge >= 0.3 is 5.97 Å². The van der Waals surface area contributed by atoms with E-state index in [1.165, 1.54) is 83.5 Å². The largest absolute Gasteiger partial charge is 0.481 e. The maximum Gasteiger partial charge on any atom is 0.303 e. The van der Waals surface area contributed by atoms with Crippen molar-refractivity contribution in [3.05, 3.63) is 0 Å². The molecule has 152 valence electrons. The van der Waals surface area contributed by atoms with Crippen LogP contribution in [0.1, 0.15) is 124 Å². The third-order valence-electron chi connectivity index (χ3n) is 4.45. The van der Waals surface area contributed by atoms with E-state index >= 15 is 0 Å². The van der Waals surface area contributed by atoms with Crippen LogP contribution >= 0.6 is 0 Å². The summed E-state index contributed by atoms with van der Waals surface area (Å²) in [7, 11) is 0. The van der Waals surface area contributed by atoms with Gasteiger partial charge in [-0.15, -0.1) is 0 Å². The molecule has 0 aromatic rings. The first kappa shape index (κ1) is 26.7. The minimum absolute atomic E-state index is 0.303. The summed E-state index contributed by atoms with van der Waals surface area (Å²) in [4.78, 5) is 9.90. The fraction of sp³-hybridized carbons (Fsp3) is 0.955. The van der Waals surface area contributed by atoms with Crippen molar-refractivity contribution in [1.82, 2.24) is 0 Å². The van der Waals surface area contributed by atoms with E-state index in [1.807, 2.05) is 13.8 Å². The van der Waals surface area contributed by atoms with Crippen LogP contribution < -0.4 is 5.73 Å². The fourth-order valence-corrected chi connectivity index (χ4v) is 2.72. The lowest BCUT2D eigenvalue weighted by Crippen LogP contribution is -2.13. The maximum absolute atomic E-state index is 9.90. The second kappa shape index (κ2) is 21.5. The normalized spacial score (nSPS) is 11.9. The molecule has 0 spiro atoms. The van der Waals surface area contributed by atoms with Crippen LogP contribution in [0.5, 0.6) is 0 Å². The van der Waals surface area contributed by atoms with Crippen LogP contribution in [-0.4, -0.2) is 17.1 Å². The summed E-state index contributed by atoms with van der Waals surface area (Å²) in [5, 5.41) is 8.16. The molecule has 3 N–H and O–H groups in total. The molecule has 0 heterocycles. The Balaban J connectivity index is 0. The zero-order valence-corrected chi connectivity index (χ0v) is 17.7. The SMILES string of the molecule is CC(C)CCC(=O)O.CCCCCCCCCCCCCC[C@H](C)N. The van der Waals surface area contributed by atoms with E-state index < -0.39 is 5.97 Å². The van der Waals surface area contributed by atoms with Crippen LogP contribution in [0.3, 0.4) is 0 Å². The lowest BCUT2D eigenvalue weighted by Gasteiger charge is -2.04. The van der Waals surface area contributed by atoms with Gasteiger partial charge < -0.3 is 10.8 Å². The Morgan fingerprint density at radius 2 is 1.16 bits per heavy atom. The molecular weight excluding hydrogens is 310 g/mol. The molecule has 0 unspecified atom stereocenters. The van der Waals surface area contributed by atoms with Gasteiger partial charge in [-0.05, 0) is 25.7 Å². The highest BCUT2D eigenvalue weighted by Crippen LogP contribution is 2.12. The zero-order valence-electron chi connectivity index (χ0n) is 17.7. The van der Waals surface area contributed by atoms with Crippen LogP contribution in [0.15, 0.2) is 0 Å². The average Bonchev–Trinajstić information content (AvgIpc) is 2.54. The minimum atomic E-state index is -0.696. The molecule has 0 saturated carbocycles. The third-order valence-corrected chi connectivity index (χ3v) is 4.45. The quantitative estimate of drug-likeness (QED) is 0.294. The highest BCUT2D eigenvalue weighted by Gasteiger charge is 1.98. The van der Waals surface area contributed by atoms with Crippen molar-refractivity contribution >= 4 is 5.97 Å². The molecule has 0 aliphatic rings. The molecule has 0 fully saturated rings. The van der Waals surface area contributed by atoms with Crippen molar-refractivity contribution in [2.24, 2.45) is 11.7 Å². The second-order valence-electron chi connectivity index (χ2n) is 7.98. The number of hydrogen-bond donors (Lipinski definition) is 2. The third kappa shape index (κ3) is 31.7. The number of nitrogens with two attached hydrogens (primary N) is 1. The van der Waals surface area contributed by atoms with E-state index in [9.17, 15) is 4.79 Å². The molecule has 3 heteroatoms. The number of rotatable bonds is 16. The summed E-state index contributed by atoms with van der Waals surface area (Å²) in [6.07, 6.45) is 19.4. The van der Waals surface area contributed by atoms with E-state index in [-0.39, 0.29) is 0 Å². The molecule has 3 nitrogen and oxygen atoms in total. The molecule has 0 aliphatic heterocycles. The number of aliphatic carboxylic acids is 1. The van der Waals surface area contributed by atoms with Crippen molar-refractivity contribution in [2.45, 2.75) is 130 Å². The summed E-state index contributed by atoms with van der Waals surface area (Å²) in [6, 6.07) is 0.401. The van der Waals surface area contributed by atoms with Crippen molar-refractivity contribution in [3.63, 3.8) is 0 Å². The van der Waals surface area contributed by atoms with Crippen LogP contribution in [0.4, 0.5) is 0 Å². The summed E-state index contributed by atoms with van der Waals surface area (Å²) in [6.45, 7) is 8.43. The van der Waals surface area contributed by atoms with Crippen molar-refractivity contribution in [1.29, 1.82) is 0 Å². The van der Waals surface area contributed by atoms with E-state index in [0.29, 0.717) is 18.4 Å². The summed E-state index contributed by atoms with van der Waals surface area (Å²) < 4.78 is 0. The Bertz CT molecular complexity index is 265. The molecule has 1 atom stereocenters. The average molecular weight is 358 g/mol. The van der Waals surface area contributed by atoms with Crippen molar-refractivity contribution < 1.29 is 9.90 Å². The van der Waals surface area contributed by atoms with Gasteiger partial charge in [-0.25, -0.2) is 0 Å². The Kier molecular flexibility index (Phi) is 22.9. The molecule has 25 heavy (non-hydrogen) atoms. The first-order chi connectivity index (χ1) is 11.9. The van der Waals surface area contributed by atoms with Crippen molar-refractivity contribution in [2.75, 3.05) is 0 Å². The van der Waals surface area contributed by atoms with Crippen LogP contribution in [0.25, 0.3) is 0 Å². The molecule has 0 radical (unpaired) electrons. The molecule has 0 aliphatic carbocycles. The van der Waals surface area contributed by atoms with Gasteiger partial charge in [0.15, 0.2) is 0 Å². The van der Waals surface area contributed by atoms with Gasteiger partial charge in [0.05, 0.1) is 0 Å². The Morgan fingerprint density at radius 3 is 1.44 bits per heavy atom. The Morgan fingerprint density at radius 1 is 0.760 bits per heavy atom. The Hall–Kier alpha value is -0.570. The summed E-state index contributed by atoms with van der Waals surface area (Å²) >= 11 is 0. The van der Waals surface area contributed by atoms with Gasteiger partial charge in [0.25, 0.3) is 0 Å². The zero-order chi connectivity index (χ0) is 19.3. The summed E-state index contributed by atoms with van der Waals surface area (Å²) in [5.74, 6) is -0.190. The van der Waals surface area contributed by atoms with E-state index in [1.54, 1.807) is 0 Å². The molecule has 0 bridgehead atoms. The predicted octanol–water partition coefficient (Wildman–Crippen LogP) is 6.93. The van der Waals surface area contributed by atoms with Gasteiger partial charge in [-0.3, -0.25) is 4.79 Å². The highest BCUT2D eigenvalue weighted by molar-refractivity contribution is 5.66. The minimum Gasteiger partial charge on any atom is -0.481 e. The van der Waals surface area contributed by atoms with Crippen LogP contribution in [-0.2, 0) is 4.79 Å². The van der Waals surface area contributed by atoms with Gasteiger partial charge in [-0.2, -0.15) is 0 Å². The molecule has 0 rings (SSSR count). The molecule has 0 aromatic heterocycles. The molecule has 0 amide bonds. The summed E-state index contributed by atoms with van der Waals surface area (Å²) in [5.41, 5.74) is 5.72. The van der Waals surface area contributed by atoms with Gasteiger partial charge in [0, 0.05) is 12.5 Å². The van der Waals surface area contributed by atoms with Crippen LogP contribution in [0, 0.1) is 5.92 Å². The van der Waals surface area contributed by atoms with Gasteiger partial charge in [0.1, 0.15) is 0 Å². The highest BCUT2D eigenvalue weighted by atomic mass is 16.4. The second-order valence-corrected chi connectivity index (χ2v) is 7.98. The number of hydrogen-bond acceptors (Lipinski definition) is 2. The van der Waals surface area contributed by atoms with Crippen LogP contribution in [0.2, 0.25) is 0 Å². The maximum atomic E-state index is 9.90. The first-order valence-corrected chi connectivity index (χ1v) is 10.9. The smallest absolute Gasteiger partial charge is 0.303 e. The molecule has 0 aromatic carbocycles. The molecule has 0 saturated heterocycles. The number of unbranched alkanes of at least 4 members (excludes halogenated alkanes) is 11. The van der Waals surface area contributed by atoms with E-state index in [4.69, 9.17) is 10.8 Å². The monoisotopic (exact) mass is 357 g/mol. The lowest BCUT2D eigenvalue weighted by atomic mass is 10.0. The van der Waals surface area contributed by atoms with Gasteiger partial charge in [0.2, 0.25) is 0 Å². The topological polar surface area (TPSA) is 63.3 Å². The first-order valence-electron chi connectivity index (χ1n) is 10.9. The number of carbonyl (C=O) groups is 1. The lowest BCUT2D eigenvalue weighted by molar-refractivity contribution is -0.137. The number of carboxylic acids is 1. The predicted molar refractivity (Wildman–Crippen MR) is 111 cm³/mol. The van der Waals surface area contributed by atoms with Crippen molar-refractivity contribution in [3.8, 4) is 0 Å². The standard InChI is InChI=1S/C16H35N.C6H12O2/c1-3-4-5-6-7-8-9-10-11-12-13-14-15-16(2)17;1-5(2)3-4-6(7)8/h16H,3-15,17H2,1-2H3;5H,3-4H2,1-2H3,(H,7,8)/t16-;/m0./s1. The molecular formula is C22H47NO2. The fourth-order valence-electron chi connectivity index (χ4n) is 2.72. The Labute approximate surface area is 158 Å².